The lowest BCUT2D eigenvalue weighted by molar-refractivity contribution is 0.0987. The molecule has 0 radical (unpaired) electrons. The number of aromatic nitrogens is 1. The Hall–Kier alpha value is -3.88. The average molecular weight is 613 g/mol. The van der Waals surface area contributed by atoms with Crippen LogP contribution in [0, 0.1) is 0 Å². The van der Waals surface area contributed by atoms with Gasteiger partial charge in [0.1, 0.15) is 11.5 Å². The van der Waals surface area contributed by atoms with Gasteiger partial charge in [-0.3, -0.25) is 4.79 Å². The quantitative estimate of drug-likeness (QED) is 0.153. The van der Waals surface area contributed by atoms with Gasteiger partial charge in [-0.15, -0.1) is 0 Å². The fraction of sp³-hybridized carbons (Fsp3) is 0.276. The van der Waals surface area contributed by atoms with Crippen molar-refractivity contribution in [2.24, 2.45) is 5.10 Å². The Morgan fingerprint density at radius 2 is 1.50 bits per heavy atom. The first-order valence-corrected chi connectivity index (χ1v) is 15.1. The summed E-state index contributed by atoms with van der Waals surface area (Å²) in [6, 6.07) is 18.4. The molecule has 11 nitrogen and oxygen atoms in total. The van der Waals surface area contributed by atoms with Crippen LogP contribution in [-0.4, -0.2) is 84.6 Å². The molecule has 0 saturated heterocycles. The minimum absolute atomic E-state index is 0.0478. The summed E-state index contributed by atoms with van der Waals surface area (Å²) in [5.41, 5.74) is 1.66. The molecule has 1 heterocycles. The van der Waals surface area contributed by atoms with Crippen LogP contribution in [-0.2, 0) is 19.5 Å². The number of nitrogens with zero attached hydrogens (tertiary/aromatic N) is 4. The van der Waals surface area contributed by atoms with Gasteiger partial charge in [0, 0.05) is 32.9 Å². The summed E-state index contributed by atoms with van der Waals surface area (Å²) >= 11 is 1.28. The van der Waals surface area contributed by atoms with Crippen LogP contribution >= 0.6 is 11.3 Å². The number of hydrogen-bond donors (Lipinski definition) is 0. The number of ether oxygens (including phenoxy) is 4. The number of methoxy groups -OCH3 is 4. The van der Waals surface area contributed by atoms with Crippen molar-refractivity contribution in [1.29, 1.82) is 0 Å². The molecule has 13 heteroatoms. The Morgan fingerprint density at radius 3 is 2.10 bits per heavy atom. The van der Waals surface area contributed by atoms with Crippen molar-refractivity contribution in [3.8, 4) is 11.5 Å². The third-order valence-electron chi connectivity index (χ3n) is 6.22. The predicted octanol–water partition coefficient (Wildman–Crippen LogP) is 4.28. The molecular formula is C29H32N4O7S2. The van der Waals surface area contributed by atoms with Crippen molar-refractivity contribution in [2.45, 2.75) is 4.90 Å². The standard InChI is InChI=1S/C29H32N4O7S2/c1-37-17-15-32(16-18-38-2)42(35,36)25-12-7-22(8-13-25)28(34)33(30-20-21-5-9-23(39-3)10-6-21)29-31-26-14-11-24(40-4)19-27(26)41-29/h5-14,19-20H,15-18H2,1-4H3/b30-20+. The number of hydrogen-bond acceptors (Lipinski definition) is 10. The number of anilines is 1. The number of hydrazone groups is 1. The Balaban J connectivity index is 1.67. The molecule has 0 N–H and O–H groups in total. The van der Waals surface area contributed by atoms with Gasteiger partial charge >= 0.3 is 0 Å². The normalized spacial score (nSPS) is 11.8. The van der Waals surface area contributed by atoms with Gasteiger partial charge in [-0.05, 0) is 72.3 Å². The number of fused-ring (bicyclic) bond motifs is 1. The second-order valence-electron chi connectivity index (χ2n) is 8.88. The molecular weight excluding hydrogens is 580 g/mol. The number of benzene rings is 3. The number of sulfonamides is 1. The van der Waals surface area contributed by atoms with Gasteiger partial charge in [0.15, 0.2) is 0 Å². The van der Waals surface area contributed by atoms with E-state index < -0.39 is 15.9 Å². The zero-order chi connectivity index (χ0) is 30.1. The van der Waals surface area contributed by atoms with Gasteiger partial charge in [-0.2, -0.15) is 14.4 Å². The highest BCUT2D eigenvalue weighted by atomic mass is 32.2. The predicted molar refractivity (Wildman–Crippen MR) is 163 cm³/mol. The molecule has 0 aliphatic rings. The molecule has 0 unspecified atom stereocenters. The van der Waals surface area contributed by atoms with Crippen LogP contribution in [0.15, 0.2) is 76.7 Å². The van der Waals surface area contributed by atoms with Crippen LogP contribution < -0.4 is 14.5 Å². The number of rotatable bonds is 14. The number of amides is 1. The zero-order valence-corrected chi connectivity index (χ0v) is 25.4. The Kier molecular flexibility index (Phi) is 10.6. The highest BCUT2D eigenvalue weighted by molar-refractivity contribution is 7.89. The summed E-state index contributed by atoms with van der Waals surface area (Å²) in [4.78, 5) is 18.5. The summed E-state index contributed by atoms with van der Waals surface area (Å²) in [5, 5.41) is 6.03. The number of thiazole rings is 1. The lowest BCUT2D eigenvalue weighted by Gasteiger charge is -2.21. The summed E-state index contributed by atoms with van der Waals surface area (Å²) in [6.07, 6.45) is 1.55. The molecule has 1 aromatic heterocycles. The molecule has 0 bridgehead atoms. The van der Waals surface area contributed by atoms with Crippen molar-refractivity contribution >= 4 is 48.8 Å². The molecule has 0 aliphatic heterocycles. The Bertz CT molecular complexity index is 1610. The van der Waals surface area contributed by atoms with Gasteiger partial charge in [0.25, 0.3) is 5.91 Å². The Morgan fingerprint density at radius 1 is 0.881 bits per heavy atom. The van der Waals surface area contributed by atoms with E-state index in [4.69, 9.17) is 18.9 Å². The maximum absolute atomic E-state index is 13.8. The fourth-order valence-corrected chi connectivity index (χ4v) is 6.25. The lowest BCUT2D eigenvalue weighted by Crippen LogP contribution is -2.36. The van der Waals surface area contributed by atoms with Crippen LogP contribution in [0.4, 0.5) is 5.13 Å². The fourth-order valence-electron chi connectivity index (χ4n) is 3.89. The lowest BCUT2D eigenvalue weighted by atomic mass is 10.2. The van der Waals surface area contributed by atoms with E-state index in [2.05, 4.69) is 10.1 Å². The first kappa shape index (κ1) is 31.1. The molecule has 42 heavy (non-hydrogen) atoms. The van der Waals surface area contributed by atoms with E-state index in [0.29, 0.717) is 22.1 Å². The third kappa shape index (κ3) is 7.30. The number of carbonyl (C=O) groups excluding carboxylic acids is 1. The van der Waals surface area contributed by atoms with Crippen molar-refractivity contribution in [3.63, 3.8) is 0 Å². The van der Waals surface area contributed by atoms with Crippen LogP contribution in [0.2, 0.25) is 0 Å². The van der Waals surface area contributed by atoms with Crippen LogP contribution in [0.1, 0.15) is 15.9 Å². The molecule has 0 aliphatic carbocycles. The smallest absolute Gasteiger partial charge is 0.280 e. The molecule has 3 aromatic carbocycles. The van der Waals surface area contributed by atoms with Gasteiger partial charge in [0.2, 0.25) is 15.2 Å². The minimum Gasteiger partial charge on any atom is -0.497 e. The van der Waals surface area contributed by atoms with E-state index in [1.807, 2.05) is 24.3 Å². The maximum atomic E-state index is 13.8. The summed E-state index contributed by atoms with van der Waals surface area (Å²) in [5.74, 6) is 0.878. The molecule has 4 aromatic rings. The monoisotopic (exact) mass is 612 g/mol. The molecule has 4 rings (SSSR count). The average Bonchev–Trinajstić information content (AvgIpc) is 3.44. The van der Waals surface area contributed by atoms with Gasteiger partial charge in [-0.1, -0.05) is 11.3 Å². The zero-order valence-electron chi connectivity index (χ0n) is 23.7. The SMILES string of the molecule is COCCN(CCOC)S(=O)(=O)c1ccc(C(=O)N(/N=C/c2ccc(OC)cc2)c2nc3ccc(OC)cc3s2)cc1. The second kappa shape index (κ2) is 14.3. The molecule has 0 saturated carbocycles. The second-order valence-corrected chi connectivity index (χ2v) is 11.8. The topological polar surface area (TPSA) is 120 Å². The van der Waals surface area contributed by atoms with Crippen molar-refractivity contribution in [2.75, 3.05) is 59.8 Å². The summed E-state index contributed by atoms with van der Waals surface area (Å²) < 4.78 is 49.4. The van der Waals surface area contributed by atoms with E-state index >= 15 is 0 Å². The van der Waals surface area contributed by atoms with Crippen LogP contribution in [0.5, 0.6) is 11.5 Å². The molecule has 0 atom stereocenters. The highest BCUT2D eigenvalue weighted by Gasteiger charge is 2.26. The van der Waals surface area contributed by atoms with Crippen LogP contribution in [0.25, 0.3) is 10.2 Å². The van der Waals surface area contributed by atoms with Crippen molar-refractivity contribution < 1.29 is 32.2 Å². The van der Waals surface area contributed by atoms with Gasteiger partial charge in [-0.25, -0.2) is 13.4 Å². The van der Waals surface area contributed by atoms with E-state index in [1.165, 1.54) is 59.1 Å². The summed E-state index contributed by atoms with van der Waals surface area (Å²) in [6.45, 7) is 0.793. The molecule has 222 valence electrons. The molecule has 0 spiro atoms. The molecule has 0 fully saturated rings. The van der Waals surface area contributed by atoms with E-state index in [0.717, 1.165) is 10.3 Å². The van der Waals surface area contributed by atoms with Crippen molar-refractivity contribution in [3.05, 3.63) is 77.9 Å². The first-order valence-electron chi connectivity index (χ1n) is 12.9. The highest BCUT2D eigenvalue weighted by Crippen LogP contribution is 2.32. The third-order valence-corrected chi connectivity index (χ3v) is 9.13. The summed E-state index contributed by atoms with van der Waals surface area (Å²) in [7, 11) is 2.32. The maximum Gasteiger partial charge on any atom is 0.280 e. The van der Waals surface area contributed by atoms with E-state index in [9.17, 15) is 13.2 Å². The van der Waals surface area contributed by atoms with E-state index in [-0.39, 0.29) is 36.8 Å². The largest absolute Gasteiger partial charge is 0.497 e. The number of carbonyl (C=O) groups is 1. The molecule has 1 amide bonds. The van der Waals surface area contributed by atoms with Crippen molar-refractivity contribution in [1.82, 2.24) is 9.29 Å². The van der Waals surface area contributed by atoms with E-state index in [1.54, 1.807) is 38.6 Å². The Labute approximate surface area is 248 Å². The first-order chi connectivity index (χ1) is 20.3. The van der Waals surface area contributed by atoms with Gasteiger partial charge < -0.3 is 18.9 Å². The minimum atomic E-state index is -3.85. The van der Waals surface area contributed by atoms with Crippen LogP contribution in [0.3, 0.4) is 0 Å². The van der Waals surface area contributed by atoms with Gasteiger partial charge in [0.05, 0.1) is 48.8 Å².